The van der Waals surface area contributed by atoms with Crippen LogP contribution in [0.15, 0.2) is 12.3 Å². The summed E-state index contributed by atoms with van der Waals surface area (Å²) in [4.78, 5) is 5.59. The van der Waals surface area contributed by atoms with Crippen LogP contribution in [-0.2, 0) is 0 Å². The van der Waals surface area contributed by atoms with Gasteiger partial charge in [-0.05, 0) is 19.9 Å². The molecular formula is C9H15N3. The van der Waals surface area contributed by atoms with Crippen molar-refractivity contribution in [3.05, 3.63) is 12.3 Å². The Kier molecular flexibility index (Phi) is 1.71. The van der Waals surface area contributed by atoms with E-state index in [2.05, 4.69) is 35.1 Å². The molecule has 66 valence electrons. The van der Waals surface area contributed by atoms with Crippen LogP contribution in [0.3, 0.4) is 0 Å². The second kappa shape index (κ2) is 2.73. The van der Waals surface area contributed by atoms with E-state index >= 15 is 0 Å². The molecule has 0 radical (unpaired) electrons. The third-order valence-electron chi connectivity index (χ3n) is 2.31. The van der Waals surface area contributed by atoms with Crippen LogP contribution in [0.4, 0.5) is 11.5 Å². The lowest BCUT2D eigenvalue weighted by Crippen LogP contribution is -2.38. The Morgan fingerprint density at radius 1 is 1.50 bits per heavy atom. The fourth-order valence-corrected chi connectivity index (χ4v) is 1.70. The molecular weight excluding hydrogens is 150 g/mol. The summed E-state index contributed by atoms with van der Waals surface area (Å²) in [7, 11) is 0. The first-order valence-electron chi connectivity index (χ1n) is 4.47. The van der Waals surface area contributed by atoms with Gasteiger partial charge in [-0.25, -0.2) is 0 Å². The number of nitrogens with one attached hydrogen (secondary N) is 2. The quantitative estimate of drug-likeness (QED) is 0.663. The number of hydrogen-bond acceptors (Lipinski definition) is 2. The smallest absolute Gasteiger partial charge is 0.127 e. The number of hydrogen-bond donors (Lipinski definition) is 2. The molecule has 0 atom stereocenters. The lowest BCUT2D eigenvalue weighted by atomic mass is 10.2. The van der Waals surface area contributed by atoms with Crippen LogP contribution in [0.25, 0.3) is 0 Å². The molecule has 2 rings (SSSR count). The van der Waals surface area contributed by atoms with Crippen LogP contribution in [-0.4, -0.2) is 24.1 Å². The maximum absolute atomic E-state index is 3.33. The van der Waals surface area contributed by atoms with Gasteiger partial charge in [-0.3, -0.25) is 0 Å². The Balaban J connectivity index is 2.31. The van der Waals surface area contributed by atoms with Crippen molar-refractivity contribution < 1.29 is 0 Å². The largest absolute Gasteiger partial charge is 0.368 e. The van der Waals surface area contributed by atoms with Crippen LogP contribution in [0.2, 0.25) is 0 Å². The van der Waals surface area contributed by atoms with E-state index in [0.29, 0.717) is 6.04 Å². The fourth-order valence-electron chi connectivity index (χ4n) is 1.70. The second-order valence-electron chi connectivity index (χ2n) is 3.45. The summed E-state index contributed by atoms with van der Waals surface area (Å²) in [5, 5.41) is 3.33. The minimum Gasteiger partial charge on any atom is -0.368 e. The number of rotatable bonds is 1. The lowest BCUT2D eigenvalue weighted by Gasteiger charge is -2.32. The van der Waals surface area contributed by atoms with Crippen molar-refractivity contribution in [2.45, 2.75) is 19.9 Å². The van der Waals surface area contributed by atoms with Crippen molar-refractivity contribution in [3.63, 3.8) is 0 Å². The molecule has 0 spiro atoms. The third kappa shape index (κ3) is 1.05. The lowest BCUT2D eigenvalue weighted by molar-refractivity contribution is 0.681. The second-order valence-corrected chi connectivity index (χ2v) is 3.45. The van der Waals surface area contributed by atoms with E-state index in [1.807, 2.05) is 6.20 Å². The van der Waals surface area contributed by atoms with E-state index < -0.39 is 0 Å². The number of aromatic nitrogens is 1. The van der Waals surface area contributed by atoms with Crippen molar-refractivity contribution in [1.82, 2.24) is 4.98 Å². The first-order valence-corrected chi connectivity index (χ1v) is 4.47. The van der Waals surface area contributed by atoms with Crippen molar-refractivity contribution in [2.24, 2.45) is 0 Å². The van der Waals surface area contributed by atoms with Gasteiger partial charge in [0.15, 0.2) is 0 Å². The Bertz CT molecular complexity index is 264. The molecule has 0 aliphatic carbocycles. The monoisotopic (exact) mass is 165 g/mol. The molecule has 1 aliphatic rings. The Morgan fingerprint density at radius 3 is 3.08 bits per heavy atom. The zero-order valence-corrected chi connectivity index (χ0v) is 7.59. The highest BCUT2D eigenvalue weighted by atomic mass is 15.2. The average Bonchev–Trinajstić information content (AvgIpc) is 2.49. The summed E-state index contributed by atoms with van der Waals surface area (Å²) in [5.41, 5.74) is 1.30. The van der Waals surface area contributed by atoms with Gasteiger partial charge < -0.3 is 15.2 Å². The SMILES string of the molecule is CC(C)N1CCNc2[nH]ccc21. The van der Waals surface area contributed by atoms with Crippen LogP contribution in [0.5, 0.6) is 0 Å². The summed E-state index contributed by atoms with van der Waals surface area (Å²) >= 11 is 0. The number of anilines is 2. The normalized spacial score (nSPS) is 16.1. The predicted octanol–water partition coefficient (Wildman–Crippen LogP) is 1.65. The Morgan fingerprint density at radius 2 is 2.33 bits per heavy atom. The number of fused-ring (bicyclic) bond motifs is 1. The summed E-state index contributed by atoms with van der Waals surface area (Å²) in [6.45, 7) is 6.58. The highest BCUT2D eigenvalue weighted by molar-refractivity contribution is 5.69. The van der Waals surface area contributed by atoms with Gasteiger partial charge in [-0.2, -0.15) is 0 Å². The van der Waals surface area contributed by atoms with Gasteiger partial charge in [0.25, 0.3) is 0 Å². The summed E-state index contributed by atoms with van der Waals surface area (Å²) < 4.78 is 0. The number of H-pyrrole nitrogens is 1. The fraction of sp³-hybridized carbons (Fsp3) is 0.556. The molecule has 3 nitrogen and oxygen atoms in total. The van der Waals surface area contributed by atoms with Crippen molar-refractivity contribution in [2.75, 3.05) is 23.3 Å². The van der Waals surface area contributed by atoms with Crippen molar-refractivity contribution in [1.29, 1.82) is 0 Å². The summed E-state index contributed by atoms with van der Waals surface area (Å²) in [5.74, 6) is 1.16. The molecule has 12 heavy (non-hydrogen) atoms. The van der Waals surface area contributed by atoms with Gasteiger partial charge in [0, 0.05) is 25.3 Å². The van der Waals surface area contributed by atoms with Crippen LogP contribution in [0.1, 0.15) is 13.8 Å². The van der Waals surface area contributed by atoms with Gasteiger partial charge in [0.05, 0.1) is 5.69 Å². The minimum absolute atomic E-state index is 0.585. The van der Waals surface area contributed by atoms with Crippen LogP contribution < -0.4 is 10.2 Å². The van der Waals surface area contributed by atoms with Gasteiger partial charge >= 0.3 is 0 Å². The maximum atomic E-state index is 3.33. The van der Waals surface area contributed by atoms with E-state index in [1.165, 1.54) is 5.69 Å². The zero-order chi connectivity index (χ0) is 8.55. The van der Waals surface area contributed by atoms with Crippen molar-refractivity contribution in [3.8, 4) is 0 Å². The molecule has 0 aromatic carbocycles. The summed E-state index contributed by atoms with van der Waals surface area (Å²) in [6.07, 6.45) is 1.98. The number of nitrogens with zero attached hydrogens (tertiary/aromatic N) is 1. The molecule has 0 fully saturated rings. The molecule has 0 amide bonds. The molecule has 1 aromatic heterocycles. The van der Waals surface area contributed by atoms with Crippen molar-refractivity contribution >= 4 is 11.5 Å². The molecule has 0 unspecified atom stereocenters. The van der Waals surface area contributed by atoms with E-state index in [1.54, 1.807) is 0 Å². The molecule has 0 bridgehead atoms. The first-order chi connectivity index (χ1) is 5.79. The van der Waals surface area contributed by atoms with Gasteiger partial charge in [-0.1, -0.05) is 0 Å². The highest BCUT2D eigenvalue weighted by Crippen LogP contribution is 2.28. The van der Waals surface area contributed by atoms with E-state index in [4.69, 9.17) is 0 Å². The molecule has 0 saturated heterocycles. The van der Waals surface area contributed by atoms with Gasteiger partial charge in [0.1, 0.15) is 5.82 Å². The predicted molar refractivity (Wildman–Crippen MR) is 51.8 cm³/mol. The molecule has 1 aromatic rings. The van der Waals surface area contributed by atoms with Gasteiger partial charge in [0.2, 0.25) is 0 Å². The average molecular weight is 165 g/mol. The standard InChI is InChI=1S/C9H15N3/c1-7(2)12-6-5-11-9-8(12)3-4-10-9/h3-4,7,10-11H,5-6H2,1-2H3. The van der Waals surface area contributed by atoms with E-state index in [0.717, 1.165) is 18.9 Å². The minimum atomic E-state index is 0.585. The molecule has 0 saturated carbocycles. The van der Waals surface area contributed by atoms with Crippen LogP contribution in [0, 0.1) is 0 Å². The maximum Gasteiger partial charge on any atom is 0.127 e. The van der Waals surface area contributed by atoms with Gasteiger partial charge in [-0.15, -0.1) is 0 Å². The molecule has 2 heterocycles. The summed E-state index contributed by atoms with van der Waals surface area (Å²) in [6, 6.07) is 2.71. The van der Waals surface area contributed by atoms with E-state index in [9.17, 15) is 0 Å². The molecule has 2 N–H and O–H groups in total. The zero-order valence-electron chi connectivity index (χ0n) is 7.59. The van der Waals surface area contributed by atoms with E-state index in [-0.39, 0.29) is 0 Å². The Labute approximate surface area is 72.8 Å². The highest BCUT2D eigenvalue weighted by Gasteiger charge is 2.18. The first kappa shape index (κ1) is 7.53. The van der Waals surface area contributed by atoms with Crippen LogP contribution >= 0.6 is 0 Å². The number of aromatic amines is 1. The molecule has 1 aliphatic heterocycles. The molecule has 3 heteroatoms. The Hall–Kier alpha value is -1.12. The topological polar surface area (TPSA) is 31.1 Å². The third-order valence-corrected chi connectivity index (χ3v) is 2.31.